The summed E-state index contributed by atoms with van der Waals surface area (Å²) in [5, 5.41) is 4.13. The molecule has 5 heteroatoms. The summed E-state index contributed by atoms with van der Waals surface area (Å²) in [4.78, 5) is 8.82. The van der Waals surface area contributed by atoms with Gasteiger partial charge >= 0.3 is 0 Å². The molecule has 0 atom stereocenters. The highest BCUT2D eigenvalue weighted by Crippen LogP contribution is 2.30. The predicted molar refractivity (Wildman–Crippen MR) is 105 cm³/mol. The molecule has 2 aromatic rings. The summed E-state index contributed by atoms with van der Waals surface area (Å²) >= 11 is 1.75. The second kappa shape index (κ2) is 8.20. The summed E-state index contributed by atoms with van der Waals surface area (Å²) < 4.78 is 0.139. The molecule has 24 heavy (non-hydrogen) atoms. The van der Waals surface area contributed by atoms with Gasteiger partial charge in [-0.05, 0) is 41.8 Å². The molecule has 0 saturated heterocycles. The Balaban J connectivity index is 1.97. The van der Waals surface area contributed by atoms with Crippen molar-refractivity contribution in [2.75, 3.05) is 5.32 Å². The van der Waals surface area contributed by atoms with Gasteiger partial charge in [-0.2, -0.15) is 0 Å². The van der Waals surface area contributed by atoms with Gasteiger partial charge in [-0.1, -0.05) is 39.8 Å². The summed E-state index contributed by atoms with van der Waals surface area (Å²) in [6, 6.07) is 12.3. The summed E-state index contributed by atoms with van der Waals surface area (Å²) in [5.74, 6) is 0.418. The number of pyridine rings is 1. The van der Waals surface area contributed by atoms with Crippen molar-refractivity contribution in [3.05, 3.63) is 53.7 Å². The van der Waals surface area contributed by atoms with Gasteiger partial charge in [0, 0.05) is 16.6 Å². The van der Waals surface area contributed by atoms with Crippen molar-refractivity contribution in [3.63, 3.8) is 0 Å². The van der Waals surface area contributed by atoms with Crippen LogP contribution in [0, 0.1) is 0 Å². The average Bonchev–Trinajstić information content (AvgIpc) is 2.52. The third-order valence-corrected chi connectivity index (χ3v) is 4.32. The Kier molecular flexibility index (Phi) is 6.26. The Bertz CT molecular complexity index is 687. The number of nitrogens with two attached hydrogens (primary N) is 1. The van der Waals surface area contributed by atoms with Gasteiger partial charge in [-0.3, -0.25) is 0 Å². The summed E-state index contributed by atoms with van der Waals surface area (Å²) in [6.07, 6.45) is 2.85. The normalized spacial score (nSPS) is 12.2. The fourth-order valence-electron chi connectivity index (χ4n) is 2.11. The van der Waals surface area contributed by atoms with Crippen LogP contribution in [0.4, 0.5) is 5.69 Å². The quantitative estimate of drug-likeness (QED) is 0.478. The van der Waals surface area contributed by atoms with Gasteiger partial charge < -0.3 is 11.1 Å². The van der Waals surface area contributed by atoms with Crippen molar-refractivity contribution in [2.24, 2.45) is 10.7 Å². The zero-order valence-corrected chi connectivity index (χ0v) is 15.7. The molecular formula is C19H26N4S. The molecule has 1 aromatic carbocycles. The largest absolute Gasteiger partial charge is 0.370 e. The van der Waals surface area contributed by atoms with E-state index in [1.54, 1.807) is 11.8 Å². The Morgan fingerprint density at radius 1 is 1.17 bits per heavy atom. The van der Waals surface area contributed by atoms with E-state index in [1.165, 1.54) is 5.56 Å². The molecule has 128 valence electrons. The van der Waals surface area contributed by atoms with Crippen molar-refractivity contribution in [1.29, 1.82) is 0 Å². The van der Waals surface area contributed by atoms with Gasteiger partial charge in [0.25, 0.3) is 0 Å². The smallest absolute Gasteiger partial charge is 0.193 e. The maximum atomic E-state index is 5.98. The van der Waals surface area contributed by atoms with E-state index in [1.807, 2.05) is 24.4 Å². The van der Waals surface area contributed by atoms with Crippen LogP contribution >= 0.6 is 11.8 Å². The third kappa shape index (κ3) is 6.24. The molecule has 0 spiro atoms. The summed E-state index contributed by atoms with van der Waals surface area (Å²) in [5.41, 5.74) is 9.34. The first kappa shape index (κ1) is 18.3. The number of nitrogens with zero attached hydrogens (tertiary/aromatic N) is 2. The molecule has 3 N–H and O–H groups in total. The third-order valence-electron chi connectivity index (χ3n) is 3.28. The molecule has 4 nitrogen and oxygen atoms in total. The van der Waals surface area contributed by atoms with Crippen LogP contribution < -0.4 is 11.1 Å². The Morgan fingerprint density at radius 2 is 1.88 bits per heavy atom. The molecule has 0 aliphatic heterocycles. The molecule has 0 bridgehead atoms. The molecule has 0 fully saturated rings. The average molecular weight is 343 g/mol. The van der Waals surface area contributed by atoms with Crippen molar-refractivity contribution >= 4 is 23.4 Å². The van der Waals surface area contributed by atoms with Crippen molar-refractivity contribution in [1.82, 2.24) is 4.98 Å². The second-order valence-electron chi connectivity index (χ2n) is 6.59. The maximum absolute atomic E-state index is 5.98. The minimum atomic E-state index is 0.139. The predicted octanol–water partition coefficient (Wildman–Crippen LogP) is 4.46. The first-order valence-electron chi connectivity index (χ1n) is 8.15. The van der Waals surface area contributed by atoms with Crippen molar-refractivity contribution in [2.45, 2.75) is 50.4 Å². The fraction of sp³-hybridized carbons (Fsp3) is 0.368. The monoisotopic (exact) mass is 342 g/mol. The van der Waals surface area contributed by atoms with E-state index in [4.69, 9.17) is 5.73 Å². The van der Waals surface area contributed by atoms with Crippen LogP contribution in [0.2, 0.25) is 0 Å². The van der Waals surface area contributed by atoms with Crippen LogP contribution in [-0.4, -0.2) is 15.7 Å². The number of nitrogens with one attached hydrogen (secondary N) is 1. The SMILES string of the molecule is CCc1ccc(NC(N)=NCc2ccnc(SC(C)(C)C)c2)cc1. The van der Waals surface area contributed by atoms with E-state index in [0.717, 1.165) is 22.7 Å². The lowest BCUT2D eigenvalue weighted by Crippen LogP contribution is -2.22. The zero-order valence-electron chi connectivity index (χ0n) is 14.8. The molecule has 0 saturated carbocycles. The van der Waals surface area contributed by atoms with Crippen LogP contribution in [-0.2, 0) is 13.0 Å². The standard InChI is InChI=1S/C19H26N4S/c1-5-14-6-8-16(9-7-14)23-18(20)22-13-15-10-11-21-17(12-15)24-19(2,3)4/h6-12H,5,13H2,1-4H3,(H3,20,22,23). The van der Waals surface area contributed by atoms with E-state index in [9.17, 15) is 0 Å². The van der Waals surface area contributed by atoms with Crippen LogP contribution in [0.15, 0.2) is 52.6 Å². The molecule has 2 rings (SSSR count). The van der Waals surface area contributed by atoms with Crippen LogP contribution in [0.1, 0.15) is 38.8 Å². The minimum absolute atomic E-state index is 0.139. The molecule has 0 aliphatic carbocycles. The highest BCUT2D eigenvalue weighted by atomic mass is 32.2. The molecule has 1 aromatic heterocycles. The number of hydrogen-bond donors (Lipinski definition) is 2. The van der Waals surface area contributed by atoms with Gasteiger partial charge in [0.05, 0.1) is 11.6 Å². The molecule has 0 amide bonds. The second-order valence-corrected chi connectivity index (χ2v) is 8.44. The van der Waals surface area contributed by atoms with Crippen LogP contribution in [0.5, 0.6) is 0 Å². The lowest BCUT2D eigenvalue weighted by Gasteiger charge is -2.16. The fourth-order valence-corrected chi connectivity index (χ4v) is 3.06. The molecule has 0 aliphatic rings. The molecule has 0 radical (unpaired) electrons. The number of hydrogen-bond acceptors (Lipinski definition) is 3. The Labute approximate surface area is 149 Å². The van der Waals surface area contributed by atoms with E-state index in [2.05, 4.69) is 61.2 Å². The molecule has 0 unspecified atom stereocenters. The lowest BCUT2D eigenvalue weighted by molar-refractivity contribution is 0.798. The highest BCUT2D eigenvalue weighted by molar-refractivity contribution is 8.00. The lowest BCUT2D eigenvalue weighted by atomic mass is 10.1. The van der Waals surface area contributed by atoms with Crippen LogP contribution in [0.25, 0.3) is 0 Å². The van der Waals surface area contributed by atoms with E-state index in [0.29, 0.717) is 12.5 Å². The number of benzene rings is 1. The highest BCUT2D eigenvalue weighted by Gasteiger charge is 2.13. The number of guanidine groups is 1. The van der Waals surface area contributed by atoms with E-state index < -0.39 is 0 Å². The number of aliphatic imine (C=N–C) groups is 1. The van der Waals surface area contributed by atoms with Crippen molar-refractivity contribution < 1.29 is 0 Å². The topological polar surface area (TPSA) is 63.3 Å². The maximum Gasteiger partial charge on any atom is 0.193 e. The van der Waals surface area contributed by atoms with E-state index in [-0.39, 0.29) is 4.75 Å². The van der Waals surface area contributed by atoms with Crippen LogP contribution in [0.3, 0.4) is 0 Å². The summed E-state index contributed by atoms with van der Waals surface area (Å²) in [6.45, 7) is 9.20. The summed E-state index contributed by atoms with van der Waals surface area (Å²) in [7, 11) is 0. The van der Waals surface area contributed by atoms with Gasteiger partial charge in [0.1, 0.15) is 0 Å². The van der Waals surface area contributed by atoms with E-state index >= 15 is 0 Å². The van der Waals surface area contributed by atoms with Crippen molar-refractivity contribution in [3.8, 4) is 0 Å². The van der Waals surface area contributed by atoms with Gasteiger partial charge in [-0.25, -0.2) is 9.98 Å². The zero-order chi connectivity index (χ0) is 17.6. The molecular weight excluding hydrogens is 316 g/mol. The minimum Gasteiger partial charge on any atom is -0.370 e. The molecule has 1 heterocycles. The Hall–Kier alpha value is -2.01. The van der Waals surface area contributed by atoms with Gasteiger partial charge in [0.2, 0.25) is 0 Å². The number of thioether (sulfide) groups is 1. The first-order valence-corrected chi connectivity index (χ1v) is 8.97. The van der Waals surface area contributed by atoms with Gasteiger partial charge in [0.15, 0.2) is 5.96 Å². The number of rotatable bonds is 5. The number of aromatic nitrogens is 1. The Morgan fingerprint density at radius 3 is 2.50 bits per heavy atom. The first-order chi connectivity index (χ1) is 11.4. The van der Waals surface area contributed by atoms with Gasteiger partial charge in [-0.15, -0.1) is 11.8 Å². The number of aryl methyl sites for hydroxylation is 1. The number of anilines is 1.